The zero-order chi connectivity index (χ0) is 18.6. The lowest BCUT2D eigenvalue weighted by atomic mass is 9.86. The Morgan fingerprint density at radius 2 is 1.92 bits per heavy atom. The number of carbonyl (C=O) groups is 2. The molecular formula is C16H20ClN5O3. The molecule has 2 aromatic rings. The number of halogens is 1. The molecule has 0 fully saturated rings. The van der Waals surface area contributed by atoms with Crippen molar-refractivity contribution in [2.45, 2.75) is 33.4 Å². The van der Waals surface area contributed by atoms with Crippen LogP contribution in [0, 0.1) is 5.41 Å². The summed E-state index contributed by atoms with van der Waals surface area (Å²) in [6.07, 6.45) is 0. The van der Waals surface area contributed by atoms with Gasteiger partial charge in [0, 0.05) is 10.6 Å². The predicted molar refractivity (Wildman–Crippen MR) is 91.7 cm³/mol. The van der Waals surface area contributed by atoms with Gasteiger partial charge < -0.3 is 10.1 Å². The van der Waals surface area contributed by atoms with E-state index in [1.54, 1.807) is 24.3 Å². The number of methoxy groups -OCH3 is 1. The molecule has 2 rings (SSSR count). The molecule has 1 amide bonds. The van der Waals surface area contributed by atoms with Gasteiger partial charge in [-0.15, -0.1) is 10.2 Å². The molecule has 0 aliphatic carbocycles. The Bertz CT molecular complexity index is 752. The van der Waals surface area contributed by atoms with Gasteiger partial charge in [0.15, 0.2) is 0 Å². The second-order valence-corrected chi connectivity index (χ2v) is 6.98. The lowest BCUT2D eigenvalue weighted by Gasteiger charge is -2.28. The van der Waals surface area contributed by atoms with E-state index >= 15 is 0 Å². The molecule has 1 heterocycles. The minimum atomic E-state index is -0.774. The zero-order valence-electron chi connectivity index (χ0n) is 14.5. The normalized spacial score (nSPS) is 12.5. The van der Waals surface area contributed by atoms with E-state index in [1.807, 2.05) is 20.8 Å². The first-order valence-electron chi connectivity index (χ1n) is 7.61. The first-order valence-corrected chi connectivity index (χ1v) is 7.99. The van der Waals surface area contributed by atoms with Crippen LogP contribution in [0.25, 0.3) is 11.4 Å². The summed E-state index contributed by atoms with van der Waals surface area (Å²) < 4.78 is 4.75. The summed E-state index contributed by atoms with van der Waals surface area (Å²) in [5.41, 5.74) is 0.241. The van der Waals surface area contributed by atoms with Gasteiger partial charge in [0.2, 0.25) is 11.7 Å². The molecule has 1 N–H and O–H groups in total. The number of amides is 1. The first-order chi connectivity index (χ1) is 11.7. The summed E-state index contributed by atoms with van der Waals surface area (Å²) in [5, 5.41) is 15.2. The number of nitrogens with zero attached hydrogens (tertiary/aromatic N) is 4. The lowest BCUT2D eigenvalue weighted by Crippen LogP contribution is -2.50. The van der Waals surface area contributed by atoms with Crippen molar-refractivity contribution in [3.63, 3.8) is 0 Å². The molecule has 0 aliphatic heterocycles. The fraction of sp³-hybridized carbons (Fsp3) is 0.438. The number of carbonyl (C=O) groups excluding carboxylic acids is 2. The first kappa shape index (κ1) is 18.9. The highest BCUT2D eigenvalue weighted by atomic mass is 35.5. The summed E-state index contributed by atoms with van der Waals surface area (Å²) >= 11 is 5.84. The van der Waals surface area contributed by atoms with Gasteiger partial charge >= 0.3 is 5.97 Å². The largest absolute Gasteiger partial charge is 0.467 e. The second-order valence-electron chi connectivity index (χ2n) is 6.54. The third-order valence-corrected chi connectivity index (χ3v) is 3.70. The molecule has 0 spiro atoms. The Morgan fingerprint density at radius 3 is 2.48 bits per heavy atom. The van der Waals surface area contributed by atoms with Crippen LogP contribution in [0.15, 0.2) is 24.3 Å². The Labute approximate surface area is 150 Å². The van der Waals surface area contributed by atoms with Crippen molar-refractivity contribution in [2.75, 3.05) is 7.11 Å². The molecule has 25 heavy (non-hydrogen) atoms. The van der Waals surface area contributed by atoms with E-state index in [-0.39, 0.29) is 6.54 Å². The number of ether oxygens (including phenoxy) is 1. The number of rotatable bonds is 5. The van der Waals surface area contributed by atoms with E-state index in [0.717, 1.165) is 10.4 Å². The molecule has 1 aromatic heterocycles. The predicted octanol–water partition coefficient (Wildman–Crippen LogP) is 1.70. The van der Waals surface area contributed by atoms with Gasteiger partial charge in [0.05, 0.1) is 7.11 Å². The van der Waals surface area contributed by atoms with Crippen molar-refractivity contribution in [2.24, 2.45) is 5.41 Å². The molecular weight excluding hydrogens is 346 g/mol. The van der Waals surface area contributed by atoms with Gasteiger partial charge in [-0.2, -0.15) is 4.80 Å². The second kappa shape index (κ2) is 7.60. The molecule has 0 saturated heterocycles. The third-order valence-electron chi connectivity index (χ3n) is 3.45. The van der Waals surface area contributed by atoms with E-state index in [4.69, 9.17) is 16.3 Å². The van der Waals surface area contributed by atoms with Crippen molar-refractivity contribution >= 4 is 23.5 Å². The number of aromatic nitrogens is 4. The Balaban J connectivity index is 2.05. The smallest absolute Gasteiger partial charge is 0.328 e. The van der Waals surface area contributed by atoms with Gasteiger partial charge in [-0.25, -0.2) is 4.79 Å². The Morgan fingerprint density at radius 1 is 1.28 bits per heavy atom. The maximum absolute atomic E-state index is 12.2. The van der Waals surface area contributed by atoms with Crippen molar-refractivity contribution in [1.29, 1.82) is 0 Å². The summed E-state index contributed by atoms with van der Waals surface area (Å²) in [7, 11) is 1.28. The van der Waals surface area contributed by atoms with E-state index in [1.165, 1.54) is 7.11 Å². The van der Waals surface area contributed by atoms with Crippen LogP contribution in [0.1, 0.15) is 20.8 Å². The van der Waals surface area contributed by atoms with E-state index < -0.39 is 23.3 Å². The lowest BCUT2D eigenvalue weighted by molar-refractivity contribution is -0.148. The number of benzene rings is 1. The van der Waals surface area contributed by atoms with E-state index in [9.17, 15) is 9.59 Å². The van der Waals surface area contributed by atoms with Gasteiger partial charge in [0.25, 0.3) is 0 Å². The molecule has 9 heteroatoms. The fourth-order valence-corrected chi connectivity index (χ4v) is 2.23. The van der Waals surface area contributed by atoms with Crippen LogP contribution < -0.4 is 5.32 Å². The van der Waals surface area contributed by atoms with Crippen LogP contribution in [0.3, 0.4) is 0 Å². The minimum absolute atomic E-state index is 0.163. The van der Waals surface area contributed by atoms with Crippen LogP contribution in [-0.4, -0.2) is 45.2 Å². The highest BCUT2D eigenvalue weighted by Gasteiger charge is 2.33. The van der Waals surface area contributed by atoms with E-state index in [0.29, 0.717) is 10.8 Å². The molecule has 0 bridgehead atoms. The monoisotopic (exact) mass is 365 g/mol. The summed E-state index contributed by atoms with van der Waals surface area (Å²) in [5.74, 6) is -0.538. The quantitative estimate of drug-likeness (QED) is 0.809. The molecule has 1 aromatic carbocycles. The number of hydrogen-bond donors (Lipinski definition) is 1. The summed E-state index contributed by atoms with van der Waals surface area (Å²) in [6.45, 7) is 5.34. The molecule has 1 atom stereocenters. The standard InChI is InChI=1S/C16H20ClN5O3/c1-16(2,3)13(15(24)25-4)18-12(23)9-22-20-14(19-21-22)10-5-7-11(17)8-6-10/h5-8,13H,9H2,1-4H3,(H,18,23)/t13-/m1/s1. The van der Waals surface area contributed by atoms with Gasteiger partial charge in [-0.3, -0.25) is 4.79 Å². The number of tetrazole rings is 1. The van der Waals surface area contributed by atoms with Gasteiger partial charge in [-0.05, 0) is 34.9 Å². The minimum Gasteiger partial charge on any atom is -0.467 e. The molecule has 0 aliphatic rings. The van der Waals surface area contributed by atoms with Gasteiger partial charge in [0.1, 0.15) is 12.6 Å². The highest BCUT2D eigenvalue weighted by Crippen LogP contribution is 2.20. The topological polar surface area (TPSA) is 99.0 Å². The Hall–Kier alpha value is -2.48. The summed E-state index contributed by atoms with van der Waals surface area (Å²) in [6, 6.07) is 6.18. The highest BCUT2D eigenvalue weighted by molar-refractivity contribution is 6.30. The fourth-order valence-electron chi connectivity index (χ4n) is 2.11. The Kier molecular flexibility index (Phi) is 5.73. The van der Waals surface area contributed by atoms with E-state index in [2.05, 4.69) is 20.7 Å². The van der Waals surface area contributed by atoms with Crippen LogP contribution >= 0.6 is 11.6 Å². The van der Waals surface area contributed by atoms with Gasteiger partial charge in [-0.1, -0.05) is 32.4 Å². The molecule has 0 radical (unpaired) electrons. The number of esters is 1. The molecule has 0 saturated carbocycles. The van der Waals surface area contributed by atoms with Crippen LogP contribution in [0.2, 0.25) is 5.02 Å². The van der Waals surface area contributed by atoms with Crippen LogP contribution in [0.4, 0.5) is 0 Å². The molecule has 0 unspecified atom stereocenters. The molecule has 8 nitrogen and oxygen atoms in total. The molecule has 134 valence electrons. The van der Waals surface area contributed by atoms with Crippen molar-refractivity contribution < 1.29 is 14.3 Å². The zero-order valence-corrected chi connectivity index (χ0v) is 15.2. The average molecular weight is 366 g/mol. The maximum Gasteiger partial charge on any atom is 0.328 e. The SMILES string of the molecule is COC(=O)[C@@H](NC(=O)Cn1nnc(-c2ccc(Cl)cc2)n1)C(C)(C)C. The summed E-state index contributed by atoms with van der Waals surface area (Å²) in [4.78, 5) is 25.2. The maximum atomic E-state index is 12.2. The third kappa shape index (κ3) is 4.99. The van der Waals surface area contributed by atoms with Crippen LogP contribution in [0.5, 0.6) is 0 Å². The van der Waals surface area contributed by atoms with Crippen molar-refractivity contribution in [1.82, 2.24) is 25.5 Å². The number of hydrogen-bond acceptors (Lipinski definition) is 6. The number of nitrogens with one attached hydrogen (secondary N) is 1. The van der Waals surface area contributed by atoms with Crippen LogP contribution in [-0.2, 0) is 20.9 Å². The van der Waals surface area contributed by atoms with Crippen molar-refractivity contribution in [3.05, 3.63) is 29.3 Å². The van der Waals surface area contributed by atoms with Crippen molar-refractivity contribution in [3.8, 4) is 11.4 Å². The average Bonchev–Trinajstić information content (AvgIpc) is 3.00.